The van der Waals surface area contributed by atoms with Crippen molar-refractivity contribution < 1.29 is 9.59 Å². The van der Waals surface area contributed by atoms with E-state index in [2.05, 4.69) is 5.32 Å². The van der Waals surface area contributed by atoms with Crippen molar-refractivity contribution in [2.24, 2.45) is 0 Å². The monoisotopic (exact) mass is 396 g/mol. The van der Waals surface area contributed by atoms with Crippen LogP contribution in [0.15, 0.2) is 30.3 Å². The van der Waals surface area contributed by atoms with Crippen molar-refractivity contribution >= 4 is 28.2 Å². The third-order valence-electron chi connectivity index (χ3n) is 6.09. The first-order valence-corrected chi connectivity index (χ1v) is 11.2. The van der Waals surface area contributed by atoms with E-state index in [1.54, 1.807) is 23.5 Å². The van der Waals surface area contributed by atoms with E-state index in [9.17, 15) is 9.59 Å². The molecule has 28 heavy (non-hydrogen) atoms. The van der Waals surface area contributed by atoms with Crippen LogP contribution in [0.5, 0.6) is 0 Å². The molecule has 0 bridgehead atoms. The Hall–Kier alpha value is -2.14. The van der Waals surface area contributed by atoms with Gasteiger partial charge in [-0.3, -0.25) is 9.59 Å². The molecule has 0 radical (unpaired) electrons. The number of nitrogens with zero attached hydrogens (tertiary/aromatic N) is 1. The standard InChI is InChI=1S/C23H28N2O2S/c1-25(17-12-6-3-7-13-17)23(27)20-18-14-8-9-15-19(18)28-22(20)24-21(26)16-10-4-2-5-11-16/h2,4-5,10-11,17H,3,6-9,12-15H2,1H3,(H,24,26). The summed E-state index contributed by atoms with van der Waals surface area (Å²) < 4.78 is 0. The molecule has 1 fully saturated rings. The van der Waals surface area contributed by atoms with E-state index in [1.165, 1.54) is 29.7 Å². The van der Waals surface area contributed by atoms with Gasteiger partial charge in [0, 0.05) is 23.5 Å². The van der Waals surface area contributed by atoms with Gasteiger partial charge in [0.1, 0.15) is 5.00 Å². The second-order valence-corrected chi connectivity index (χ2v) is 9.05. The summed E-state index contributed by atoms with van der Waals surface area (Å²) in [5, 5.41) is 3.78. The Morgan fingerprint density at radius 3 is 2.46 bits per heavy atom. The van der Waals surface area contributed by atoms with Crippen molar-refractivity contribution in [3.05, 3.63) is 51.9 Å². The summed E-state index contributed by atoms with van der Waals surface area (Å²) >= 11 is 1.60. The van der Waals surface area contributed by atoms with Gasteiger partial charge in [0.05, 0.1) is 5.56 Å². The van der Waals surface area contributed by atoms with Crippen LogP contribution in [0.3, 0.4) is 0 Å². The molecule has 148 valence electrons. The number of benzene rings is 1. The molecule has 1 N–H and O–H groups in total. The quantitative estimate of drug-likeness (QED) is 0.764. The number of fused-ring (bicyclic) bond motifs is 1. The van der Waals surface area contributed by atoms with E-state index in [0.29, 0.717) is 11.6 Å². The number of aryl methyl sites for hydroxylation is 1. The van der Waals surface area contributed by atoms with E-state index < -0.39 is 0 Å². The number of nitrogens with one attached hydrogen (secondary N) is 1. The van der Waals surface area contributed by atoms with Crippen LogP contribution in [0, 0.1) is 0 Å². The van der Waals surface area contributed by atoms with Crippen LogP contribution < -0.4 is 5.32 Å². The van der Waals surface area contributed by atoms with Gasteiger partial charge in [-0.15, -0.1) is 11.3 Å². The summed E-state index contributed by atoms with van der Waals surface area (Å²) in [6.07, 6.45) is 10.0. The van der Waals surface area contributed by atoms with Crippen LogP contribution in [0.2, 0.25) is 0 Å². The topological polar surface area (TPSA) is 49.4 Å². The molecule has 2 aliphatic carbocycles. The van der Waals surface area contributed by atoms with Crippen molar-refractivity contribution in [1.29, 1.82) is 0 Å². The Labute approximate surface area is 170 Å². The highest BCUT2D eigenvalue weighted by Crippen LogP contribution is 2.39. The van der Waals surface area contributed by atoms with E-state index in [0.717, 1.165) is 49.1 Å². The zero-order valence-electron chi connectivity index (χ0n) is 16.5. The summed E-state index contributed by atoms with van der Waals surface area (Å²) in [4.78, 5) is 29.5. The molecule has 1 heterocycles. The Bertz CT molecular complexity index is 853. The highest BCUT2D eigenvalue weighted by Gasteiger charge is 2.31. The normalized spacial score (nSPS) is 17.0. The number of amides is 2. The maximum atomic E-state index is 13.5. The molecule has 0 spiro atoms. The van der Waals surface area contributed by atoms with Gasteiger partial charge in [-0.1, -0.05) is 37.5 Å². The number of carbonyl (C=O) groups is 2. The number of rotatable bonds is 4. The molecule has 0 saturated heterocycles. The minimum atomic E-state index is -0.145. The number of hydrogen-bond acceptors (Lipinski definition) is 3. The van der Waals surface area contributed by atoms with Crippen LogP contribution in [0.25, 0.3) is 0 Å². The minimum Gasteiger partial charge on any atom is -0.339 e. The first-order chi connectivity index (χ1) is 13.6. The highest BCUT2D eigenvalue weighted by molar-refractivity contribution is 7.17. The maximum absolute atomic E-state index is 13.5. The van der Waals surface area contributed by atoms with Crippen LogP contribution in [0.4, 0.5) is 5.00 Å². The van der Waals surface area contributed by atoms with Gasteiger partial charge in [-0.05, 0) is 56.2 Å². The molecule has 5 heteroatoms. The average Bonchev–Trinajstić information content (AvgIpc) is 3.11. The Morgan fingerprint density at radius 2 is 1.71 bits per heavy atom. The lowest BCUT2D eigenvalue weighted by Gasteiger charge is -2.31. The molecule has 0 aliphatic heterocycles. The predicted molar refractivity (Wildman–Crippen MR) is 114 cm³/mol. The second-order valence-electron chi connectivity index (χ2n) is 7.94. The number of hydrogen-bond donors (Lipinski definition) is 1. The fourth-order valence-corrected chi connectivity index (χ4v) is 5.73. The predicted octanol–water partition coefficient (Wildman–Crippen LogP) is 5.28. The smallest absolute Gasteiger partial charge is 0.257 e. The van der Waals surface area contributed by atoms with E-state index in [1.807, 2.05) is 30.1 Å². The summed E-state index contributed by atoms with van der Waals surface area (Å²) in [6.45, 7) is 0. The zero-order valence-corrected chi connectivity index (χ0v) is 17.3. The second kappa shape index (κ2) is 8.48. The first kappa shape index (κ1) is 19.2. The molecule has 2 aliphatic rings. The highest BCUT2D eigenvalue weighted by atomic mass is 32.1. The summed E-state index contributed by atoms with van der Waals surface area (Å²) in [7, 11) is 1.94. The lowest BCUT2D eigenvalue weighted by molar-refractivity contribution is 0.0696. The molecule has 0 atom stereocenters. The largest absolute Gasteiger partial charge is 0.339 e. The minimum absolute atomic E-state index is 0.0784. The van der Waals surface area contributed by atoms with E-state index >= 15 is 0 Å². The van der Waals surface area contributed by atoms with Crippen molar-refractivity contribution in [2.75, 3.05) is 12.4 Å². The van der Waals surface area contributed by atoms with Crippen LogP contribution >= 0.6 is 11.3 Å². The van der Waals surface area contributed by atoms with Crippen LogP contribution in [-0.2, 0) is 12.8 Å². The van der Waals surface area contributed by atoms with Gasteiger partial charge >= 0.3 is 0 Å². The van der Waals surface area contributed by atoms with Gasteiger partial charge in [0.15, 0.2) is 0 Å². The Kier molecular flexibility index (Phi) is 5.81. The summed E-state index contributed by atoms with van der Waals surface area (Å²) in [5.74, 6) is -0.0665. The first-order valence-electron chi connectivity index (χ1n) is 10.4. The summed E-state index contributed by atoms with van der Waals surface area (Å²) in [5.41, 5.74) is 2.54. The molecule has 1 aromatic carbocycles. The molecule has 1 saturated carbocycles. The number of anilines is 1. The van der Waals surface area contributed by atoms with Crippen molar-refractivity contribution in [1.82, 2.24) is 4.90 Å². The molecule has 2 amide bonds. The van der Waals surface area contributed by atoms with Gasteiger partial charge in [-0.25, -0.2) is 0 Å². The lowest BCUT2D eigenvalue weighted by atomic mass is 9.92. The Balaban J connectivity index is 1.64. The number of carbonyl (C=O) groups excluding carboxylic acids is 2. The van der Waals surface area contributed by atoms with Crippen molar-refractivity contribution in [3.8, 4) is 0 Å². The lowest BCUT2D eigenvalue weighted by Crippen LogP contribution is -2.39. The SMILES string of the molecule is CN(C(=O)c1c(NC(=O)c2ccccc2)sc2c1CCCC2)C1CCCCC1. The molecule has 2 aromatic rings. The van der Waals surface area contributed by atoms with Crippen LogP contribution in [-0.4, -0.2) is 29.8 Å². The average molecular weight is 397 g/mol. The molecule has 0 unspecified atom stereocenters. The van der Waals surface area contributed by atoms with Crippen molar-refractivity contribution in [3.63, 3.8) is 0 Å². The van der Waals surface area contributed by atoms with Gasteiger partial charge in [0.25, 0.3) is 11.8 Å². The third kappa shape index (κ3) is 3.86. The van der Waals surface area contributed by atoms with E-state index in [4.69, 9.17) is 0 Å². The number of thiophene rings is 1. The van der Waals surface area contributed by atoms with Crippen molar-refractivity contribution in [2.45, 2.75) is 63.8 Å². The summed E-state index contributed by atoms with van der Waals surface area (Å²) in [6, 6.07) is 9.54. The van der Waals surface area contributed by atoms with Crippen LogP contribution in [0.1, 0.15) is 76.1 Å². The maximum Gasteiger partial charge on any atom is 0.257 e. The molecule has 4 nitrogen and oxygen atoms in total. The fraction of sp³-hybridized carbons (Fsp3) is 0.478. The third-order valence-corrected chi connectivity index (χ3v) is 7.30. The van der Waals surface area contributed by atoms with Gasteiger partial charge in [0.2, 0.25) is 0 Å². The molecular formula is C23H28N2O2S. The van der Waals surface area contributed by atoms with E-state index in [-0.39, 0.29) is 11.8 Å². The Morgan fingerprint density at radius 1 is 1.00 bits per heavy atom. The molecule has 4 rings (SSSR count). The fourth-order valence-electron chi connectivity index (χ4n) is 4.46. The molecule has 1 aromatic heterocycles. The van der Waals surface area contributed by atoms with Gasteiger partial charge < -0.3 is 10.2 Å². The van der Waals surface area contributed by atoms with Gasteiger partial charge in [-0.2, -0.15) is 0 Å². The molecular weight excluding hydrogens is 368 g/mol. The zero-order chi connectivity index (χ0) is 19.5.